The zero-order valence-electron chi connectivity index (χ0n) is 16.0. The van der Waals surface area contributed by atoms with Crippen LogP contribution in [0.2, 0.25) is 0 Å². The first-order valence-corrected chi connectivity index (χ1v) is 9.30. The molecule has 5 heteroatoms. The molecule has 4 atom stereocenters. The molecule has 2 saturated carbocycles. The van der Waals surface area contributed by atoms with Gasteiger partial charge in [-0.15, -0.1) is 0 Å². The SMILES string of the molecule is C/C(CC[C@H]1[C@@]2(C)CCCC(C)(C)[C@@H]2CC[C@@]1(C)O)=N\NC(N)=O. The molecule has 0 saturated heterocycles. The number of carbonyl (C=O) groups excluding carboxylic acids is 1. The second-order valence-corrected chi connectivity index (χ2v) is 9.21. The summed E-state index contributed by atoms with van der Waals surface area (Å²) in [6, 6.07) is -0.639. The highest BCUT2D eigenvalue weighted by atomic mass is 16.3. The molecule has 0 bridgehead atoms. The number of fused-ring (bicyclic) bond motifs is 1. The number of urea groups is 1. The van der Waals surface area contributed by atoms with Crippen LogP contribution in [0.3, 0.4) is 0 Å². The summed E-state index contributed by atoms with van der Waals surface area (Å²) >= 11 is 0. The molecule has 0 aromatic rings. The van der Waals surface area contributed by atoms with Crippen molar-refractivity contribution in [1.29, 1.82) is 0 Å². The Kier molecular flexibility index (Phi) is 5.34. The van der Waals surface area contributed by atoms with Crippen LogP contribution in [0, 0.1) is 22.7 Å². The van der Waals surface area contributed by atoms with E-state index in [-0.39, 0.29) is 11.3 Å². The van der Waals surface area contributed by atoms with Gasteiger partial charge in [-0.05, 0) is 75.0 Å². The maximum absolute atomic E-state index is 11.1. The number of amides is 2. The minimum atomic E-state index is -0.639. The molecule has 2 aliphatic carbocycles. The number of hydrogen-bond acceptors (Lipinski definition) is 3. The number of nitrogens with two attached hydrogens (primary N) is 1. The van der Waals surface area contributed by atoms with Crippen LogP contribution in [0.5, 0.6) is 0 Å². The van der Waals surface area contributed by atoms with Gasteiger partial charge in [-0.2, -0.15) is 5.10 Å². The molecule has 5 nitrogen and oxygen atoms in total. The number of rotatable bonds is 4. The van der Waals surface area contributed by atoms with Crippen molar-refractivity contribution in [3.63, 3.8) is 0 Å². The number of hydrogen-bond donors (Lipinski definition) is 3. The summed E-state index contributed by atoms with van der Waals surface area (Å²) in [5.74, 6) is 0.909. The Labute approximate surface area is 146 Å². The van der Waals surface area contributed by atoms with Crippen molar-refractivity contribution in [2.24, 2.45) is 33.5 Å². The first kappa shape index (κ1) is 19.2. The van der Waals surface area contributed by atoms with Crippen molar-refractivity contribution in [3.05, 3.63) is 0 Å². The van der Waals surface area contributed by atoms with E-state index in [1.807, 2.05) is 13.8 Å². The molecule has 138 valence electrons. The largest absolute Gasteiger partial charge is 0.390 e. The van der Waals surface area contributed by atoms with E-state index in [2.05, 4.69) is 31.3 Å². The van der Waals surface area contributed by atoms with Crippen LogP contribution in [-0.4, -0.2) is 22.5 Å². The van der Waals surface area contributed by atoms with Crippen LogP contribution >= 0.6 is 0 Å². The van der Waals surface area contributed by atoms with Gasteiger partial charge in [0, 0.05) is 5.71 Å². The molecule has 4 N–H and O–H groups in total. The van der Waals surface area contributed by atoms with E-state index in [9.17, 15) is 9.90 Å². The summed E-state index contributed by atoms with van der Waals surface area (Å²) in [4.78, 5) is 10.8. The van der Waals surface area contributed by atoms with Gasteiger partial charge in [0.25, 0.3) is 0 Å². The van der Waals surface area contributed by atoms with Crippen LogP contribution in [0.15, 0.2) is 5.10 Å². The molecule has 0 spiro atoms. The van der Waals surface area contributed by atoms with Crippen LogP contribution in [0.25, 0.3) is 0 Å². The fourth-order valence-electron chi connectivity index (χ4n) is 5.83. The summed E-state index contributed by atoms with van der Waals surface area (Å²) in [7, 11) is 0. The first-order chi connectivity index (χ1) is 11.0. The predicted molar refractivity (Wildman–Crippen MR) is 97.6 cm³/mol. The molecule has 2 amide bonds. The van der Waals surface area contributed by atoms with Crippen molar-refractivity contribution in [3.8, 4) is 0 Å². The minimum absolute atomic E-state index is 0.168. The number of nitrogens with one attached hydrogen (secondary N) is 1. The Balaban J connectivity index is 2.18. The molecule has 2 fully saturated rings. The Hall–Kier alpha value is -1.10. The van der Waals surface area contributed by atoms with Gasteiger partial charge >= 0.3 is 6.03 Å². The molecule has 0 aromatic heterocycles. The summed E-state index contributed by atoms with van der Waals surface area (Å²) < 4.78 is 0. The van der Waals surface area contributed by atoms with Crippen LogP contribution in [0.4, 0.5) is 4.79 Å². The highest BCUT2D eigenvalue weighted by Crippen LogP contribution is 2.62. The fourth-order valence-corrected chi connectivity index (χ4v) is 5.83. The number of hydrazone groups is 1. The Morgan fingerprint density at radius 2 is 1.92 bits per heavy atom. The van der Waals surface area contributed by atoms with Gasteiger partial charge in [-0.3, -0.25) is 0 Å². The van der Waals surface area contributed by atoms with Crippen molar-refractivity contribution in [2.45, 2.75) is 85.2 Å². The lowest BCUT2D eigenvalue weighted by atomic mass is 9.45. The Bertz CT molecular complexity index is 513. The second-order valence-electron chi connectivity index (χ2n) is 9.21. The van der Waals surface area contributed by atoms with E-state index in [4.69, 9.17) is 5.73 Å². The summed E-state index contributed by atoms with van der Waals surface area (Å²) in [6.45, 7) is 11.1. The average molecular weight is 338 g/mol. The first-order valence-electron chi connectivity index (χ1n) is 9.30. The normalized spacial score (nSPS) is 39.2. The monoisotopic (exact) mass is 337 g/mol. The number of primary amides is 1. The lowest BCUT2D eigenvalue weighted by Gasteiger charge is -2.61. The summed E-state index contributed by atoms with van der Waals surface area (Å²) in [5, 5.41) is 15.1. The van der Waals surface area contributed by atoms with E-state index in [1.54, 1.807) is 0 Å². The third kappa shape index (κ3) is 3.76. The minimum Gasteiger partial charge on any atom is -0.390 e. The molecule has 0 heterocycles. The molecule has 24 heavy (non-hydrogen) atoms. The number of aliphatic hydroxyl groups is 1. The highest BCUT2D eigenvalue weighted by Gasteiger charge is 2.57. The number of carbonyl (C=O) groups is 1. The lowest BCUT2D eigenvalue weighted by Crippen LogP contribution is -2.57. The molecule has 0 radical (unpaired) electrons. The molecule has 2 aliphatic rings. The highest BCUT2D eigenvalue weighted by molar-refractivity contribution is 5.83. The van der Waals surface area contributed by atoms with Crippen molar-refractivity contribution < 1.29 is 9.90 Å². The van der Waals surface area contributed by atoms with Crippen molar-refractivity contribution in [2.75, 3.05) is 0 Å². The second kappa shape index (κ2) is 6.66. The maximum atomic E-state index is 11.1. The molecule has 0 unspecified atom stereocenters. The average Bonchev–Trinajstić information content (AvgIpc) is 2.42. The molecular formula is C19H35N3O2. The van der Waals surface area contributed by atoms with E-state index in [1.165, 1.54) is 19.3 Å². The number of nitrogens with zero attached hydrogens (tertiary/aromatic N) is 1. The van der Waals surface area contributed by atoms with Gasteiger partial charge in [0.2, 0.25) is 0 Å². The molecule has 2 rings (SSSR count). The summed E-state index contributed by atoms with van der Waals surface area (Å²) in [6.07, 6.45) is 7.36. The Morgan fingerprint density at radius 3 is 2.54 bits per heavy atom. The predicted octanol–water partition coefficient (Wildman–Crippen LogP) is 3.80. The summed E-state index contributed by atoms with van der Waals surface area (Å²) in [5.41, 5.74) is 8.10. The maximum Gasteiger partial charge on any atom is 0.332 e. The van der Waals surface area contributed by atoms with Gasteiger partial charge in [0.15, 0.2) is 0 Å². The van der Waals surface area contributed by atoms with Gasteiger partial charge in [-0.25, -0.2) is 10.2 Å². The van der Waals surface area contributed by atoms with E-state index >= 15 is 0 Å². The van der Waals surface area contributed by atoms with Crippen LogP contribution in [0.1, 0.15) is 79.6 Å². The van der Waals surface area contributed by atoms with Gasteiger partial charge in [0.05, 0.1) is 5.60 Å². The van der Waals surface area contributed by atoms with E-state index in [0.29, 0.717) is 11.3 Å². The van der Waals surface area contributed by atoms with Gasteiger partial charge in [-0.1, -0.05) is 27.2 Å². The topological polar surface area (TPSA) is 87.7 Å². The van der Waals surface area contributed by atoms with E-state index < -0.39 is 11.6 Å². The standard InChI is InChI=1S/C19H35N3O2/c1-13(21-22-16(20)23)7-8-15-18(4)11-6-10-17(2,3)14(18)9-12-19(15,5)24/h14-15,24H,6-12H2,1-5H3,(H3,20,22,23)/b21-13+/t14-,15-,18-,19+/m0/s1. The van der Waals surface area contributed by atoms with Crippen LogP contribution in [-0.2, 0) is 0 Å². The third-order valence-corrected chi connectivity index (χ3v) is 6.91. The third-order valence-electron chi connectivity index (χ3n) is 6.91. The van der Waals surface area contributed by atoms with Crippen molar-refractivity contribution >= 4 is 11.7 Å². The molecule has 0 aliphatic heterocycles. The molecule has 0 aromatic carbocycles. The van der Waals surface area contributed by atoms with Crippen molar-refractivity contribution in [1.82, 2.24) is 5.43 Å². The zero-order valence-corrected chi connectivity index (χ0v) is 16.0. The zero-order chi connectivity index (χ0) is 18.2. The lowest BCUT2D eigenvalue weighted by molar-refractivity contribution is -0.168. The smallest absolute Gasteiger partial charge is 0.332 e. The molecular weight excluding hydrogens is 302 g/mol. The quantitative estimate of drug-likeness (QED) is 0.538. The van der Waals surface area contributed by atoms with Crippen LogP contribution < -0.4 is 11.2 Å². The fraction of sp³-hybridized carbons (Fsp3) is 0.895. The van der Waals surface area contributed by atoms with Gasteiger partial charge in [0.1, 0.15) is 0 Å². The Morgan fingerprint density at radius 1 is 1.25 bits per heavy atom. The van der Waals surface area contributed by atoms with Gasteiger partial charge < -0.3 is 10.8 Å². The van der Waals surface area contributed by atoms with E-state index in [0.717, 1.165) is 31.4 Å².